The number of carbonyl (C=O) groups is 1. The number of halogens is 2. The van der Waals surface area contributed by atoms with Crippen molar-refractivity contribution in [2.24, 2.45) is 11.3 Å². The number of benzene rings is 2. The van der Waals surface area contributed by atoms with Crippen LogP contribution in [-0.2, 0) is 4.79 Å². The fourth-order valence-corrected chi connectivity index (χ4v) is 5.81. The van der Waals surface area contributed by atoms with Gasteiger partial charge in [-0.05, 0) is 50.9 Å². The Bertz CT molecular complexity index is 1290. The van der Waals surface area contributed by atoms with Crippen molar-refractivity contribution in [3.05, 3.63) is 47.5 Å². The molecule has 2 heterocycles. The zero-order chi connectivity index (χ0) is 24.9. The van der Waals surface area contributed by atoms with E-state index in [1.54, 1.807) is 32.2 Å². The summed E-state index contributed by atoms with van der Waals surface area (Å²) in [7, 11) is 3.70. The molecule has 1 saturated heterocycles. The molecule has 184 valence electrons. The molecule has 2 aliphatic rings. The number of anilines is 3. The van der Waals surface area contributed by atoms with Crippen LogP contribution in [0.2, 0.25) is 5.02 Å². The normalized spacial score (nSPS) is 18.1. The van der Waals surface area contributed by atoms with Crippen molar-refractivity contribution >= 4 is 45.6 Å². The van der Waals surface area contributed by atoms with Crippen molar-refractivity contribution in [3.63, 3.8) is 0 Å². The van der Waals surface area contributed by atoms with Gasteiger partial charge < -0.3 is 19.9 Å². The fourth-order valence-electron chi connectivity index (χ4n) is 5.64. The average Bonchev–Trinajstić information content (AvgIpc) is 3.65. The molecular formula is C26H29ClFN5O2. The van der Waals surface area contributed by atoms with Crippen molar-refractivity contribution < 1.29 is 13.9 Å². The number of likely N-dealkylation sites (tertiary alicyclic amines) is 1. The third-order valence-electron chi connectivity index (χ3n) is 7.48. The minimum Gasteiger partial charge on any atom is -0.494 e. The molecule has 35 heavy (non-hydrogen) atoms. The highest BCUT2D eigenvalue weighted by molar-refractivity contribution is 6.31. The monoisotopic (exact) mass is 497 g/mol. The van der Waals surface area contributed by atoms with Crippen molar-refractivity contribution in [1.82, 2.24) is 14.9 Å². The molecule has 0 spiro atoms. The van der Waals surface area contributed by atoms with Crippen LogP contribution in [0.25, 0.3) is 10.9 Å². The van der Waals surface area contributed by atoms with Crippen LogP contribution >= 0.6 is 11.6 Å². The smallest absolute Gasteiger partial charge is 0.224 e. The van der Waals surface area contributed by atoms with Crippen LogP contribution in [0.1, 0.15) is 26.7 Å². The third-order valence-corrected chi connectivity index (χ3v) is 7.77. The van der Waals surface area contributed by atoms with Gasteiger partial charge in [-0.15, -0.1) is 0 Å². The van der Waals surface area contributed by atoms with E-state index in [1.807, 2.05) is 11.0 Å². The summed E-state index contributed by atoms with van der Waals surface area (Å²) in [4.78, 5) is 26.0. The van der Waals surface area contributed by atoms with Crippen LogP contribution in [0.5, 0.6) is 5.75 Å². The summed E-state index contributed by atoms with van der Waals surface area (Å²) in [6.07, 6.45) is 3.81. The van der Waals surface area contributed by atoms with E-state index in [2.05, 4.69) is 34.2 Å². The van der Waals surface area contributed by atoms with Gasteiger partial charge in [-0.25, -0.2) is 14.4 Å². The van der Waals surface area contributed by atoms with Crippen LogP contribution in [0.3, 0.4) is 0 Å². The molecule has 1 amide bonds. The number of carbonyl (C=O) groups excluding carboxylic acids is 1. The molecule has 1 aromatic heterocycles. The molecule has 5 rings (SSSR count). The molecule has 1 N–H and O–H groups in total. The maximum absolute atomic E-state index is 14.6. The molecule has 3 aromatic rings. The number of hydrogen-bond donors (Lipinski definition) is 1. The lowest BCUT2D eigenvalue weighted by Crippen LogP contribution is -2.65. The first-order chi connectivity index (χ1) is 16.7. The molecule has 1 saturated carbocycles. The topological polar surface area (TPSA) is 70.6 Å². The SMILES string of the molecule is COc1cc2ncnc(Nc3cccc(Cl)c3F)c2cc1N(C(C)=O)[C@@H](C)C1(C2CC2)CN(C)C1. The number of fused-ring (bicyclic) bond motifs is 1. The van der Waals surface area contributed by atoms with Gasteiger partial charge in [-0.3, -0.25) is 4.79 Å². The van der Waals surface area contributed by atoms with E-state index in [1.165, 1.54) is 25.2 Å². The highest BCUT2D eigenvalue weighted by Crippen LogP contribution is 2.54. The Hall–Kier alpha value is -2.97. The highest BCUT2D eigenvalue weighted by atomic mass is 35.5. The molecule has 9 heteroatoms. The van der Waals surface area contributed by atoms with Gasteiger partial charge in [0.15, 0.2) is 5.82 Å². The van der Waals surface area contributed by atoms with Crippen LogP contribution in [0, 0.1) is 17.2 Å². The highest BCUT2D eigenvalue weighted by Gasteiger charge is 2.57. The number of ether oxygens (including phenoxy) is 1. The Balaban J connectivity index is 1.61. The van der Waals surface area contributed by atoms with Crippen molar-refractivity contribution in [3.8, 4) is 5.75 Å². The van der Waals surface area contributed by atoms with Crippen molar-refractivity contribution in [2.45, 2.75) is 32.7 Å². The van der Waals surface area contributed by atoms with Crippen molar-refractivity contribution in [1.29, 1.82) is 0 Å². The van der Waals surface area contributed by atoms with Gasteiger partial charge in [0.25, 0.3) is 0 Å². The van der Waals surface area contributed by atoms with E-state index in [0.717, 1.165) is 13.1 Å². The molecule has 0 bridgehead atoms. The quantitative estimate of drug-likeness (QED) is 0.480. The average molecular weight is 498 g/mol. The van der Waals surface area contributed by atoms with Gasteiger partial charge in [0.2, 0.25) is 5.91 Å². The minimum atomic E-state index is -0.561. The predicted octanol–water partition coefficient (Wildman–Crippen LogP) is 5.26. The zero-order valence-corrected chi connectivity index (χ0v) is 21.1. The first-order valence-corrected chi connectivity index (χ1v) is 12.1. The molecule has 1 atom stereocenters. The summed E-state index contributed by atoms with van der Waals surface area (Å²) < 4.78 is 20.3. The molecule has 2 fully saturated rings. The number of hydrogen-bond acceptors (Lipinski definition) is 6. The Labute approximate surface area is 209 Å². The minimum absolute atomic E-state index is 0.0168. The fraction of sp³-hybridized carbons (Fsp3) is 0.423. The van der Waals surface area contributed by atoms with Gasteiger partial charge >= 0.3 is 0 Å². The summed E-state index contributed by atoms with van der Waals surface area (Å²) in [5, 5.41) is 3.71. The second-order valence-corrected chi connectivity index (χ2v) is 10.1. The molecular weight excluding hydrogens is 469 g/mol. The van der Waals surface area contributed by atoms with E-state index in [-0.39, 0.29) is 28.1 Å². The first-order valence-electron chi connectivity index (χ1n) is 11.8. The van der Waals surface area contributed by atoms with Crippen molar-refractivity contribution in [2.75, 3.05) is 37.5 Å². The second-order valence-electron chi connectivity index (χ2n) is 9.73. The van der Waals surface area contributed by atoms with Gasteiger partial charge in [0.05, 0.1) is 29.0 Å². The van der Waals surface area contributed by atoms with E-state index < -0.39 is 5.82 Å². The number of amides is 1. The Morgan fingerprint density at radius 3 is 2.69 bits per heavy atom. The summed E-state index contributed by atoms with van der Waals surface area (Å²) in [6.45, 7) is 5.65. The first kappa shape index (κ1) is 23.8. The van der Waals surface area contributed by atoms with Crippen LogP contribution in [-0.4, -0.2) is 54.1 Å². The second kappa shape index (κ2) is 8.91. The largest absolute Gasteiger partial charge is 0.494 e. The van der Waals surface area contributed by atoms with Crippen LogP contribution in [0.15, 0.2) is 36.7 Å². The van der Waals surface area contributed by atoms with E-state index in [9.17, 15) is 9.18 Å². The van der Waals surface area contributed by atoms with Crippen LogP contribution < -0.4 is 15.0 Å². The number of rotatable bonds is 7. The van der Waals surface area contributed by atoms with Gasteiger partial charge in [-0.1, -0.05) is 17.7 Å². The molecule has 0 unspecified atom stereocenters. The zero-order valence-electron chi connectivity index (χ0n) is 20.3. The molecule has 7 nitrogen and oxygen atoms in total. The Kier molecular flexibility index (Phi) is 6.05. The Morgan fingerprint density at radius 1 is 1.31 bits per heavy atom. The summed E-state index contributed by atoms with van der Waals surface area (Å²) in [6, 6.07) is 8.38. The predicted molar refractivity (Wildman–Crippen MR) is 136 cm³/mol. The lowest BCUT2D eigenvalue weighted by atomic mass is 9.69. The van der Waals surface area contributed by atoms with E-state index in [0.29, 0.717) is 34.1 Å². The number of aromatic nitrogens is 2. The molecule has 2 aromatic carbocycles. The van der Waals surface area contributed by atoms with Gasteiger partial charge in [0, 0.05) is 42.9 Å². The summed E-state index contributed by atoms with van der Waals surface area (Å²) in [5.74, 6) is 0.965. The van der Waals surface area contributed by atoms with Crippen LogP contribution in [0.4, 0.5) is 21.6 Å². The number of nitrogens with zero attached hydrogens (tertiary/aromatic N) is 4. The lowest BCUT2D eigenvalue weighted by Gasteiger charge is -2.55. The molecule has 1 aliphatic carbocycles. The van der Waals surface area contributed by atoms with E-state index >= 15 is 0 Å². The summed E-state index contributed by atoms with van der Waals surface area (Å²) in [5.41, 5.74) is 1.52. The molecule has 0 radical (unpaired) electrons. The van der Waals surface area contributed by atoms with E-state index in [4.69, 9.17) is 16.3 Å². The number of methoxy groups -OCH3 is 1. The lowest BCUT2D eigenvalue weighted by molar-refractivity contribution is -0.119. The number of nitrogens with one attached hydrogen (secondary N) is 1. The third kappa shape index (κ3) is 4.08. The maximum Gasteiger partial charge on any atom is 0.224 e. The standard InChI is InChI=1S/C26H29ClFN5O2/c1-15(26(17-8-9-17)12-32(3)13-26)33(16(2)34)22-10-18-21(11-23(22)35-4)29-14-30-25(18)31-20-7-5-6-19(27)24(20)28/h5-7,10-11,14-15,17H,8-9,12-13H2,1-4H3,(H,29,30,31)/t15-/m0/s1. The Morgan fingerprint density at radius 2 is 2.06 bits per heavy atom. The van der Waals surface area contributed by atoms with Gasteiger partial charge in [0.1, 0.15) is 17.9 Å². The maximum atomic E-state index is 14.6. The summed E-state index contributed by atoms with van der Waals surface area (Å²) >= 11 is 5.97. The molecule has 1 aliphatic heterocycles. The van der Waals surface area contributed by atoms with Gasteiger partial charge in [-0.2, -0.15) is 0 Å².